The molecule has 2 aromatic carbocycles. The van der Waals surface area contributed by atoms with Gasteiger partial charge in [0.05, 0.1) is 4.53 Å². The van der Waals surface area contributed by atoms with Crippen molar-refractivity contribution in [2.24, 2.45) is 4.99 Å². The van der Waals surface area contributed by atoms with Crippen LogP contribution in [0.1, 0.15) is 17.5 Å². The highest BCUT2D eigenvalue weighted by Gasteiger charge is 2.09. The van der Waals surface area contributed by atoms with Crippen LogP contribution in [0.4, 0.5) is 5.69 Å². The van der Waals surface area contributed by atoms with Crippen LogP contribution in [0.3, 0.4) is 0 Å². The lowest BCUT2D eigenvalue weighted by Crippen LogP contribution is -2.33. The van der Waals surface area contributed by atoms with Crippen molar-refractivity contribution >= 4 is 29.0 Å². The summed E-state index contributed by atoms with van der Waals surface area (Å²) in [6.07, 6.45) is 2.77. The largest absolute Gasteiger partial charge is 0.484 e. The van der Waals surface area contributed by atoms with Crippen LogP contribution < -0.4 is 24.9 Å². The predicted molar refractivity (Wildman–Crippen MR) is 114 cm³/mol. The van der Waals surface area contributed by atoms with E-state index in [0.29, 0.717) is 10.3 Å². The Labute approximate surface area is 171 Å². The zero-order chi connectivity index (χ0) is 20.2. The molecule has 0 atom stereocenters. The number of hydrogen-bond donors (Lipinski definition) is 1. The molecule has 6 nitrogen and oxygen atoms in total. The molecule has 0 unspecified atom stereocenters. The smallest absolute Gasteiger partial charge is 0.270 e. The second kappa shape index (κ2) is 8.45. The van der Waals surface area contributed by atoms with Gasteiger partial charge in [0.1, 0.15) is 5.75 Å². The zero-order valence-corrected chi connectivity index (χ0v) is 16.9. The van der Waals surface area contributed by atoms with Gasteiger partial charge in [0.15, 0.2) is 11.4 Å². The van der Waals surface area contributed by atoms with E-state index in [9.17, 15) is 9.59 Å². The predicted octanol–water partition coefficient (Wildman–Crippen LogP) is 2.09. The summed E-state index contributed by atoms with van der Waals surface area (Å²) >= 11 is 1.42. The monoisotopic (exact) mass is 407 g/mol. The Morgan fingerprint density at radius 2 is 1.97 bits per heavy atom. The number of aromatic nitrogens is 1. The highest BCUT2D eigenvalue weighted by atomic mass is 32.1. The quantitative estimate of drug-likeness (QED) is 0.704. The van der Waals surface area contributed by atoms with E-state index in [-0.39, 0.29) is 18.1 Å². The van der Waals surface area contributed by atoms with Crippen molar-refractivity contribution in [3.63, 3.8) is 0 Å². The van der Waals surface area contributed by atoms with Gasteiger partial charge in [0.2, 0.25) is 0 Å². The molecular formula is C22H21N3O3S. The topological polar surface area (TPSA) is 72.7 Å². The average molecular weight is 407 g/mol. The van der Waals surface area contributed by atoms with Gasteiger partial charge in [-0.3, -0.25) is 19.1 Å². The van der Waals surface area contributed by atoms with E-state index >= 15 is 0 Å². The molecule has 0 aliphatic carbocycles. The molecule has 1 N–H and O–H groups in total. The number of nitrogens with zero attached hydrogens (tertiary/aromatic N) is 2. The van der Waals surface area contributed by atoms with Gasteiger partial charge < -0.3 is 10.1 Å². The molecular weight excluding hydrogens is 386 g/mol. The van der Waals surface area contributed by atoms with E-state index in [1.54, 1.807) is 16.7 Å². The molecule has 148 valence electrons. The van der Waals surface area contributed by atoms with Crippen LogP contribution in [-0.2, 0) is 11.3 Å². The second-order valence-corrected chi connectivity index (χ2v) is 7.87. The summed E-state index contributed by atoms with van der Waals surface area (Å²) < 4.78 is 7.97. The Kier molecular flexibility index (Phi) is 5.57. The summed E-state index contributed by atoms with van der Waals surface area (Å²) in [4.78, 5) is 29.7. The van der Waals surface area contributed by atoms with E-state index in [4.69, 9.17) is 4.74 Å². The lowest BCUT2D eigenvalue weighted by Gasteiger charge is -2.08. The van der Waals surface area contributed by atoms with Crippen LogP contribution in [0.5, 0.6) is 5.75 Å². The molecule has 7 heteroatoms. The first-order valence-corrected chi connectivity index (χ1v) is 10.3. The number of benzene rings is 2. The van der Waals surface area contributed by atoms with Gasteiger partial charge in [-0.15, -0.1) is 0 Å². The Hall–Kier alpha value is -3.19. The summed E-state index contributed by atoms with van der Waals surface area (Å²) in [7, 11) is 0. The molecule has 4 rings (SSSR count). The molecule has 0 saturated carbocycles. The maximum Gasteiger partial charge on any atom is 0.270 e. The molecule has 0 saturated heterocycles. The number of carbonyl (C=O) groups is 1. The Balaban J connectivity index is 1.39. The van der Waals surface area contributed by atoms with Crippen molar-refractivity contribution in [1.82, 2.24) is 4.57 Å². The fourth-order valence-corrected chi connectivity index (χ4v) is 4.05. The minimum atomic E-state index is -0.217. The van der Waals surface area contributed by atoms with Gasteiger partial charge >= 0.3 is 0 Å². The van der Waals surface area contributed by atoms with Crippen molar-refractivity contribution < 1.29 is 9.53 Å². The molecule has 0 radical (unpaired) electrons. The molecule has 0 spiro atoms. The number of aryl methyl sites for hydroxylation is 1. The van der Waals surface area contributed by atoms with Gasteiger partial charge in [-0.1, -0.05) is 41.2 Å². The minimum absolute atomic E-state index is 0.0153. The SMILES string of the molecule is Cc1ccc(NC(=O)COc2ccc(/C=c3/sc4n(c3=O)CCCN=4)cc2)cc1. The van der Waals surface area contributed by atoms with Crippen LogP contribution in [0, 0.1) is 6.92 Å². The lowest BCUT2D eigenvalue weighted by atomic mass is 10.2. The molecule has 29 heavy (non-hydrogen) atoms. The summed E-state index contributed by atoms with van der Waals surface area (Å²) in [5, 5.41) is 2.80. The number of hydrogen-bond acceptors (Lipinski definition) is 5. The van der Waals surface area contributed by atoms with Gasteiger partial charge in [0, 0.05) is 18.8 Å². The third kappa shape index (κ3) is 4.63. The number of thiazole rings is 1. The minimum Gasteiger partial charge on any atom is -0.484 e. The zero-order valence-electron chi connectivity index (χ0n) is 16.1. The molecule has 0 bridgehead atoms. The van der Waals surface area contributed by atoms with E-state index < -0.39 is 0 Å². The van der Waals surface area contributed by atoms with Crippen molar-refractivity contribution in [3.05, 3.63) is 79.3 Å². The molecule has 1 aliphatic rings. The third-order valence-corrected chi connectivity index (χ3v) is 5.60. The van der Waals surface area contributed by atoms with E-state index in [0.717, 1.165) is 41.1 Å². The van der Waals surface area contributed by atoms with Gasteiger partial charge in [0.25, 0.3) is 11.5 Å². The number of ether oxygens (including phenoxy) is 1. The number of rotatable bonds is 5. The molecule has 0 fully saturated rings. The third-order valence-electron chi connectivity index (χ3n) is 4.56. The molecule has 3 aromatic rings. The number of fused-ring (bicyclic) bond motifs is 1. The maximum absolute atomic E-state index is 12.4. The molecule has 2 heterocycles. The van der Waals surface area contributed by atoms with Crippen LogP contribution in [-0.4, -0.2) is 23.6 Å². The molecule has 1 aromatic heterocycles. The fraction of sp³-hybridized carbons (Fsp3) is 0.227. The van der Waals surface area contributed by atoms with Crippen LogP contribution in [0.2, 0.25) is 0 Å². The van der Waals surface area contributed by atoms with Crippen molar-refractivity contribution in [2.75, 3.05) is 18.5 Å². The number of nitrogens with one attached hydrogen (secondary N) is 1. The summed E-state index contributed by atoms with van der Waals surface area (Å²) in [5.41, 5.74) is 2.79. The Bertz CT molecular complexity index is 1190. The van der Waals surface area contributed by atoms with Gasteiger partial charge in [-0.05, 0) is 49.2 Å². The summed E-state index contributed by atoms with van der Waals surface area (Å²) in [6, 6.07) is 14.9. The van der Waals surface area contributed by atoms with Gasteiger partial charge in [-0.25, -0.2) is 0 Å². The first kappa shape index (κ1) is 19.1. The van der Waals surface area contributed by atoms with Crippen molar-refractivity contribution in [1.29, 1.82) is 0 Å². The summed E-state index contributed by atoms with van der Waals surface area (Å²) in [6.45, 7) is 3.44. The van der Waals surface area contributed by atoms with Crippen LogP contribution >= 0.6 is 11.3 Å². The number of carbonyl (C=O) groups excluding carboxylic acids is 1. The second-order valence-electron chi connectivity index (χ2n) is 6.86. The molecule has 1 aliphatic heterocycles. The standard InChI is InChI=1S/C22H21N3O3S/c1-15-3-7-17(8-4-15)24-20(26)14-28-18-9-5-16(6-10-18)13-19-21(27)25-12-2-11-23-22(25)29-19/h3-10,13H,2,11-12,14H2,1H3,(H,24,26)/b19-13+. The first-order chi connectivity index (χ1) is 14.1. The summed E-state index contributed by atoms with van der Waals surface area (Å²) in [5.74, 6) is 0.379. The first-order valence-electron chi connectivity index (χ1n) is 9.44. The Morgan fingerprint density at radius 3 is 2.69 bits per heavy atom. The fourth-order valence-electron chi connectivity index (χ4n) is 3.02. The highest BCUT2D eigenvalue weighted by Crippen LogP contribution is 2.13. The lowest BCUT2D eigenvalue weighted by molar-refractivity contribution is -0.118. The maximum atomic E-state index is 12.4. The van der Waals surface area contributed by atoms with Crippen molar-refractivity contribution in [3.8, 4) is 5.75 Å². The highest BCUT2D eigenvalue weighted by molar-refractivity contribution is 7.07. The van der Waals surface area contributed by atoms with Crippen LogP contribution in [0.15, 0.2) is 58.3 Å². The van der Waals surface area contributed by atoms with Gasteiger partial charge in [-0.2, -0.15) is 0 Å². The number of amides is 1. The van der Waals surface area contributed by atoms with E-state index in [2.05, 4.69) is 10.3 Å². The Morgan fingerprint density at radius 1 is 1.21 bits per heavy atom. The van der Waals surface area contributed by atoms with E-state index in [1.165, 1.54) is 11.3 Å². The number of anilines is 1. The molecule has 1 amide bonds. The van der Waals surface area contributed by atoms with Crippen LogP contribution in [0.25, 0.3) is 6.08 Å². The van der Waals surface area contributed by atoms with E-state index in [1.807, 2.05) is 49.4 Å². The van der Waals surface area contributed by atoms with Crippen molar-refractivity contribution in [2.45, 2.75) is 19.9 Å². The normalized spacial score (nSPS) is 13.5. The average Bonchev–Trinajstić information content (AvgIpc) is 3.05.